The second-order valence-electron chi connectivity index (χ2n) is 8.93. The van der Waals surface area contributed by atoms with E-state index >= 15 is 0 Å². The number of aldehydes is 1. The third kappa shape index (κ3) is 5.35. The van der Waals surface area contributed by atoms with Gasteiger partial charge in [-0.15, -0.1) is 0 Å². The van der Waals surface area contributed by atoms with Gasteiger partial charge >= 0.3 is 6.09 Å². The first kappa shape index (κ1) is 24.2. The summed E-state index contributed by atoms with van der Waals surface area (Å²) < 4.78 is 20.9. The summed E-state index contributed by atoms with van der Waals surface area (Å²) in [6, 6.07) is 14.7. The van der Waals surface area contributed by atoms with Crippen LogP contribution in [0.25, 0.3) is 10.9 Å². The molecular weight excluding hydrogens is 475 g/mol. The second kappa shape index (κ2) is 10.6. The molecule has 188 valence electrons. The molecule has 2 amide bonds. The zero-order chi connectivity index (χ0) is 25.8. The van der Waals surface area contributed by atoms with Crippen molar-refractivity contribution in [2.45, 2.75) is 38.3 Å². The molecular formula is C28H25FN4O4. The van der Waals surface area contributed by atoms with E-state index in [1.165, 1.54) is 29.4 Å². The number of nitrogens with zero attached hydrogens (tertiary/aromatic N) is 3. The van der Waals surface area contributed by atoms with E-state index in [-0.39, 0.29) is 18.2 Å². The van der Waals surface area contributed by atoms with Crippen molar-refractivity contribution in [1.29, 1.82) is 0 Å². The Morgan fingerprint density at radius 3 is 2.51 bits per heavy atom. The molecule has 2 aromatic carbocycles. The van der Waals surface area contributed by atoms with E-state index in [0.29, 0.717) is 34.5 Å². The molecule has 5 rings (SSSR count). The van der Waals surface area contributed by atoms with Crippen LogP contribution in [0.3, 0.4) is 0 Å². The fraction of sp³-hybridized carbons (Fsp3) is 0.214. The molecule has 0 aliphatic heterocycles. The summed E-state index contributed by atoms with van der Waals surface area (Å²) in [5.74, 6) is -1.08. The van der Waals surface area contributed by atoms with Crippen molar-refractivity contribution in [3.8, 4) is 0 Å². The molecule has 0 saturated heterocycles. The van der Waals surface area contributed by atoms with Crippen molar-refractivity contribution in [2.75, 3.05) is 10.2 Å². The molecule has 1 aliphatic rings. The molecule has 0 bridgehead atoms. The first-order valence-corrected chi connectivity index (χ1v) is 12.1. The summed E-state index contributed by atoms with van der Waals surface area (Å²) in [5, 5.41) is 3.48. The van der Waals surface area contributed by atoms with Gasteiger partial charge in [0.25, 0.3) is 5.91 Å². The SMILES string of the molecule is O=CC(=O)N(c1ccncc1)c1cn(Cc2ccc(F)cc2)c2cc(NC(=O)OC3CCCC3)ccc12. The first-order valence-electron chi connectivity index (χ1n) is 12.1. The Morgan fingerprint density at radius 2 is 1.81 bits per heavy atom. The third-order valence-electron chi connectivity index (χ3n) is 6.43. The van der Waals surface area contributed by atoms with Gasteiger partial charge in [-0.25, -0.2) is 9.18 Å². The lowest BCUT2D eigenvalue weighted by molar-refractivity contribution is -0.129. The van der Waals surface area contributed by atoms with Gasteiger partial charge in [0.15, 0.2) is 0 Å². The molecule has 1 saturated carbocycles. The number of amides is 2. The summed E-state index contributed by atoms with van der Waals surface area (Å²) in [4.78, 5) is 42.1. The van der Waals surface area contributed by atoms with Gasteiger partial charge < -0.3 is 9.30 Å². The van der Waals surface area contributed by atoms with Gasteiger partial charge in [0.2, 0.25) is 6.29 Å². The maximum atomic E-state index is 13.5. The average molecular weight is 501 g/mol. The summed E-state index contributed by atoms with van der Waals surface area (Å²) in [7, 11) is 0. The Bertz CT molecular complexity index is 1430. The summed E-state index contributed by atoms with van der Waals surface area (Å²) in [6.45, 7) is 0.367. The Kier molecular flexibility index (Phi) is 6.93. The zero-order valence-electron chi connectivity index (χ0n) is 20.0. The number of aromatic nitrogens is 2. The number of hydrogen-bond donors (Lipinski definition) is 1. The van der Waals surface area contributed by atoms with Crippen molar-refractivity contribution in [3.05, 3.63) is 84.6 Å². The minimum absolute atomic E-state index is 0.0686. The van der Waals surface area contributed by atoms with E-state index in [0.717, 1.165) is 31.2 Å². The number of rotatable bonds is 7. The number of benzene rings is 2. The molecule has 37 heavy (non-hydrogen) atoms. The number of halogens is 1. The molecule has 0 radical (unpaired) electrons. The van der Waals surface area contributed by atoms with Crippen LogP contribution in [0.1, 0.15) is 31.2 Å². The van der Waals surface area contributed by atoms with E-state index in [9.17, 15) is 18.8 Å². The first-order chi connectivity index (χ1) is 18.0. The third-order valence-corrected chi connectivity index (χ3v) is 6.43. The smallest absolute Gasteiger partial charge is 0.411 e. The van der Waals surface area contributed by atoms with Crippen LogP contribution in [0.4, 0.5) is 26.2 Å². The fourth-order valence-corrected chi connectivity index (χ4v) is 4.68. The van der Waals surface area contributed by atoms with Gasteiger partial charge in [-0.2, -0.15) is 0 Å². The maximum absolute atomic E-state index is 13.5. The minimum Gasteiger partial charge on any atom is -0.446 e. The highest BCUT2D eigenvalue weighted by molar-refractivity contribution is 6.33. The number of hydrogen-bond acceptors (Lipinski definition) is 5. The lowest BCUT2D eigenvalue weighted by Crippen LogP contribution is -2.26. The summed E-state index contributed by atoms with van der Waals surface area (Å²) in [5.41, 5.74) is 3.03. The zero-order valence-corrected chi connectivity index (χ0v) is 20.0. The van der Waals surface area contributed by atoms with Crippen molar-refractivity contribution in [1.82, 2.24) is 9.55 Å². The number of anilines is 3. The number of carbonyl (C=O) groups is 3. The normalized spacial score (nSPS) is 13.4. The molecule has 8 nitrogen and oxygen atoms in total. The lowest BCUT2D eigenvalue weighted by Gasteiger charge is -2.19. The van der Waals surface area contributed by atoms with E-state index in [1.807, 2.05) is 4.57 Å². The number of fused-ring (bicyclic) bond motifs is 1. The summed E-state index contributed by atoms with van der Waals surface area (Å²) >= 11 is 0. The molecule has 4 aromatic rings. The van der Waals surface area contributed by atoms with Crippen LogP contribution in [-0.2, 0) is 20.9 Å². The molecule has 1 N–H and O–H groups in total. The fourth-order valence-electron chi connectivity index (χ4n) is 4.68. The monoisotopic (exact) mass is 500 g/mol. The molecule has 0 spiro atoms. The molecule has 2 heterocycles. The van der Waals surface area contributed by atoms with Crippen molar-refractivity contribution in [2.24, 2.45) is 0 Å². The largest absolute Gasteiger partial charge is 0.446 e. The van der Waals surface area contributed by atoms with Crippen LogP contribution >= 0.6 is 0 Å². The predicted octanol–water partition coefficient (Wildman–Crippen LogP) is 5.58. The van der Waals surface area contributed by atoms with Crippen LogP contribution in [0.5, 0.6) is 0 Å². The average Bonchev–Trinajstić information content (AvgIpc) is 3.54. The van der Waals surface area contributed by atoms with Crippen LogP contribution in [0.2, 0.25) is 0 Å². The van der Waals surface area contributed by atoms with Crippen LogP contribution in [0.15, 0.2) is 73.2 Å². The standard InChI is InChI=1S/C28H25FN4O4/c29-20-7-5-19(6-8-20)16-32-17-26(33(27(35)18-34)22-11-13-30-14-12-22)24-10-9-21(15-25(24)32)31-28(36)37-23-3-1-2-4-23/h5-15,17-18,23H,1-4,16H2,(H,31,36). The number of carbonyl (C=O) groups excluding carboxylic acids is 3. The molecule has 9 heteroatoms. The van der Waals surface area contributed by atoms with E-state index < -0.39 is 12.0 Å². The van der Waals surface area contributed by atoms with Gasteiger partial charge in [0.05, 0.1) is 16.9 Å². The van der Waals surface area contributed by atoms with Crippen molar-refractivity contribution in [3.63, 3.8) is 0 Å². The Hall–Kier alpha value is -4.53. The van der Waals surface area contributed by atoms with Gasteiger partial charge in [-0.3, -0.25) is 24.8 Å². The maximum Gasteiger partial charge on any atom is 0.411 e. The van der Waals surface area contributed by atoms with Crippen LogP contribution in [0, 0.1) is 5.82 Å². The number of ether oxygens (including phenoxy) is 1. The summed E-state index contributed by atoms with van der Waals surface area (Å²) in [6.07, 6.45) is 8.35. The minimum atomic E-state index is -0.741. The molecule has 0 atom stereocenters. The van der Waals surface area contributed by atoms with Crippen molar-refractivity contribution < 1.29 is 23.5 Å². The Balaban J connectivity index is 1.55. The number of pyridine rings is 1. The van der Waals surface area contributed by atoms with Gasteiger partial charge in [-0.05, 0) is 73.7 Å². The molecule has 0 unspecified atom stereocenters. The molecule has 2 aromatic heterocycles. The highest BCUT2D eigenvalue weighted by atomic mass is 19.1. The van der Waals surface area contributed by atoms with Gasteiger partial charge in [-0.1, -0.05) is 12.1 Å². The van der Waals surface area contributed by atoms with Crippen LogP contribution < -0.4 is 10.2 Å². The predicted molar refractivity (Wildman–Crippen MR) is 137 cm³/mol. The Labute approximate surface area is 212 Å². The highest BCUT2D eigenvalue weighted by Crippen LogP contribution is 2.36. The van der Waals surface area contributed by atoms with Gasteiger partial charge in [0, 0.05) is 36.2 Å². The van der Waals surface area contributed by atoms with E-state index in [4.69, 9.17) is 4.74 Å². The topological polar surface area (TPSA) is 93.5 Å². The highest BCUT2D eigenvalue weighted by Gasteiger charge is 2.23. The van der Waals surface area contributed by atoms with E-state index in [2.05, 4.69) is 10.3 Å². The van der Waals surface area contributed by atoms with Gasteiger partial charge in [0.1, 0.15) is 11.9 Å². The molecule has 1 aliphatic carbocycles. The second-order valence-corrected chi connectivity index (χ2v) is 8.93. The van der Waals surface area contributed by atoms with Crippen LogP contribution in [-0.4, -0.2) is 33.9 Å². The molecule has 1 fully saturated rings. The van der Waals surface area contributed by atoms with Crippen molar-refractivity contribution >= 4 is 46.3 Å². The quantitative estimate of drug-likeness (QED) is 0.264. The Morgan fingerprint density at radius 1 is 1.08 bits per heavy atom. The number of nitrogens with one attached hydrogen (secondary N) is 1. The van der Waals surface area contributed by atoms with E-state index in [1.54, 1.807) is 48.7 Å². The lowest BCUT2D eigenvalue weighted by atomic mass is 10.2.